The van der Waals surface area contributed by atoms with Crippen molar-refractivity contribution in [2.45, 2.75) is 31.9 Å². The molecule has 2 rings (SSSR count). The monoisotopic (exact) mass is 269 g/mol. The van der Waals surface area contributed by atoms with Crippen LogP contribution < -0.4 is 10.1 Å². The van der Waals surface area contributed by atoms with E-state index in [4.69, 9.17) is 21.1 Å². The Bertz CT molecular complexity index is 391. The van der Waals surface area contributed by atoms with Crippen LogP contribution in [0.4, 0.5) is 0 Å². The number of rotatable bonds is 4. The molecule has 100 valence electrons. The Morgan fingerprint density at radius 2 is 2.33 bits per heavy atom. The van der Waals surface area contributed by atoms with Crippen LogP contribution in [0.25, 0.3) is 0 Å². The predicted molar refractivity (Wildman–Crippen MR) is 73.4 cm³/mol. The van der Waals surface area contributed by atoms with Crippen LogP contribution in [0.2, 0.25) is 5.02 Å². The first-order chi connectivity index (χ1) is 8.70. The first-order valence-corrected chi connectivity index (χ1v) is 6.79. The van der Waals surface area contributed by atoms with Gasteiger partial charge in [0.2, 0.25) is 0 Å². The summed E-state index contributed by atoms with van der Waals surface area (Å²) in [7, 11) is 1.93. The maximum absolute atomic E-state index is 6.26. The van der Waals surface area contributed by atoms with Gasteiger partial charge >= 0.3 is 0 Å². The van der Waals surface area contributed by atoms with Gasteiger partial charge in [-0.05, 0) is 44.5 Å². The van der Waals surface area contributed by atoms with Crippen molar-refractivity contribution in [3.05, 3.63) is 28.8 Å². The van der Waals surface area contributed by atoms with Gasteiger partial charge in [0.25, 0.3) is 0 Å². The van der Waals surface area contributed by atoms with E-state index < -0.39 is 0 Å². The highest BCUT2D eigenvalue weighted by Gasteiger charge is 2.17. The van der Waals surface area contributed by atoms with E-state index in [1.807, 2.05) is 25.2 Å². The molecule has 0 bridgehead atoms. The summed E-state index contributed by atoms with van der Waals surface area (Å²) >= 11 is 6.26. The molecule has 1 saturated heterocycles. The summed E-state index contributed by atoms with van der Waals surface area (Å²) < 4.78 is 11.3. The molecule has 1 fully saturated rings. The maximum Gasteiger partial charge on any atom is 0.138 e. The standard InChI is InChI=1S/C14H20ClNO2/c1-10(16-2)11-5-6-14(13(15)8-11)18-12-4-3-7-17-9-12/h5-6,8,10,12,16H,3-4,7,9H2,1-2H3. The van der Waals surface area contributed by atoms with Gasteiger partial charge in [-0.25, -0.2) is 0 Å². The van der Waals surface area contributed by atoms with Crippen LogP contribution >= 0.6 is 11.6 Å². The fraction of sp³-hybridized carbons (Fsp3) is 0.571. The zero-order valence-corrected chi connectivity index (χ0v) is 11.7. The summed E-state index contributed by atoms with van der Waals surface area (Å²) in [4.78, 5) is 0. The molecule has 0 spiro atoms. The minimum Gasteiger partial charge on any atom is -0.486 e. The quantitative estimate of drug-likeness (QED) is 0.911. The van der Waals surface area contributed by atoms with E-state index in [0.717, 1.165) is 30.8 Å². The molecular formula is C14H20ClNO2. The van der Waals surface area contributed by atoms with Gasteiger partial charge in [-0.2, -0.15) is 0 Å². The van der Waals surface area contributed by atoms with Gasteiger partial charge in [0.05, 0.1) is 11.6 Å². The highest BCUT2D eigenvalue weighted by atomic mass is 35.5. The largest absolute Gasteiger partial charge is 0.486 e. The maximum atomic E-state index is 6.26. The number of hydrogen-bond donors (Lipinski definition) is 1. The predicted octanol–water partition coefficient (Wildman–Crippen LogP) is 3.18. The lowest BCUT2D eigenvalue weighted by Crippen LogP contribution is -2.28. The van der Waals surface area contributed by atoms with Crippen LogP contribution in [0, 0.1) is 0 Å². The fourth-order valence-corrected chi connectivity index (χ4v) is 2.27. The van der Waals surface area contributed by atoms with Crippen molar-refractivity contribution in [3.8, 4) is 5.75 Å². The minimum absolute atomic E-state index is 0.129. The van der Waals surface area contributed by atoms with E-state index in [0.29, 0.717) is 11.6 Å². The number of hydrogen-bond acceptors (Lipinski definition) is 3. The van der Waals surface area contributed by atoms with E-state index in [9.17, 15) is 0 Å². The van der Waals surface area contributed by atoms with Crippen molar-refractivity contribution >= 4 is 11.6 Å². The minimum atomic E-state index is 0.129. The lowest BCUT2D eigenvalue weighted by molar-refractivity contribution is 0.00746. The van der Waals surface area contributed by atoms with Gasteiger partial charge in [-0.15, -0.1) is 0 Å². The molecule has 1 aromatic carbocycles. The SMILES string of the molecule is CNC(C)c1ccc(OC2CCCOC2)c(Cl)c1. The van der Waals surface area contributed by atoms with Gasteiger partial charge in [0.1, 0.15) is 11.9 Å². The Balaban J connectivity index is 2.04. The smallest absolute Gasteiger partial charge is 0.138 e. The molecule has 4 heteroatoms. The zero-order chi connectivity index (χ0) is 13.0. The Morgan fingerprint density at radius 1 is 1.50 bits per heavy atom. The van der Waals surface area contributed by atoms with E-state index in [-0.39, 0.29) is 12.1 Å². The van der Waals surface area contributed by atoms with Gasteiger partial charge in [-0.1, -0.05) is 17.7 Å². The van der Waals surface area contributed by atoms with Crippen LogP contribution in [0.3, 0.4) is 0 Å². The molecule has 0 aliphatic carbocycles. The lowest BCUT2D eigenvalue weighted by Gasteiger charge is -2.24. The highest BCUT2D eigenvalue weighted by molar-refractivity contribution is 6.32. The summed E-state index contributed by atoms with van der Waals surface area (Å²) in [5, 5.41) is 3.86. The van der Waals surface area contributed by atoms with E-state index in [1.54, 1.807) is 0 Å². The molecule has 0 saturated carbocycles. The number of ether oxygens (including phenoxy) is 2. The van der Waals surface area contributed by atoms with Crippen LogP contribution in [0.5, 0.6) is 5.75 Å². The van der Waals surface area contributed by atoms with Gasteiger partial charge in [0.15, 0.2) is 0 Å². The third-order valence-electron chi connectivity index (χ3n) is 3.30. The Labute approximate surface area is 113 Å². The van der Waals surface area contributed by atoms with Crippen LogP contribution in [0.1, 0.15) is 31.4 Å². The zero-order valence-electron chi connectivity index (χ0n) is 10.9. The van der Waals surface area contributed by atoms with Crippen molar-refractivity contribution in [2.75, 3.05) is 20.3 Å². The molecule has 0 aromatic heterocycles. The summed E-state index contributed by atoms with van der Waals surface area (Å²) in [6.45, 7) is 3.60. The van der Waals surface area contributed by atoms with Crippen molar-refractivity contribution in [1.82, 2.24) is 5.32 Å². The first-order valence-electron chi connectivity index (χ1n) is 6.42. The summed E-state index contributed by atoms with van der Waals surface area (Å²) in [5.41, 5.74) is 1.16. The number of halogens is 1. The summed E-state index contributed by atoms with van der Waals surface area (Å²) in [6.07, 6.45) is 2.21. The van der Waals surface area contributed by atoms with Crippen LogP contribution in [0.15, 0.2) is 18.2 Å². The van der Waals surface area contributed by atoms with Gasteiger partial charge < -0.3 is 14.8 Å². The lowest BCUT2D eigenvalue weighted by atomic mass is 10.1. The van der Waals surface area contributed by atoms with E-state index >= 15 is 0 Å². The summed E-state index contributed by atoms with van der Waals surface area (Å²) in [5.74, 6) is 0.749. The molecule has 1 heterocycles. The van der Waals surface area contributed by atoms with Gasteiger partial charge in [-0.3, -0.25) is 0 Å². The third kappa shape index (κ3) is 3.37. The highest BCUT2D eigenvalue weighted by Crippen LogP contribution is 2.29. The average molecular weight is 270 g/mol. The Hall–Kier alpha value is -0.770. The molecule has 3 nitrogen and oxygen atoms in total. The molecule has 1 aromatic rings. The first kappa shape index (κ1) is 13.7. The van der Waals surface area contributed by atoms with Gasteiger partial charge in [0, 0.05) is 12.6 Å². The second kappa shape index (κ2) is 6.41. The molecule has 1 N–H and O–H groups in total. The normalized spacial score (nSPS) is 21.6. The van der Waals surface area contributed by atoms with E-state index in [1.165, 1.54) is 0 Å². The van der Waals surface area contributed by atoms with Crippen molar-refractivity contribution < 1.29 is 9.47 Å². The molecule has 2 unspecified atom stereocenters. The van der Waals surface area contributed by atoms with Crippen LogP contribution in [-0.4, -0.2) is 26.4 Å². The second-order valence-electron chi connectivity index (χ2n) is 4.66. The Morgan fingerprint density at radius 3 is 2.94 bits per heavy atom. The summed E-state index contributed by atoms with van der Waals surface area (Å²) in [6, 6.07) is 6.24. The molecule has 0 amide bonds. The molecule has 1 aliphatic heterocycles. The number of nitrogens with one attached hydrogen (secondary N) is 1. The van der Waals surface area contributed by atoms with Crippen molar-refractivity contribution in [2.24, 2.45) is 0 Å². The third-order valence-corrected chi connectivity index (χ3v) is 3.60. The van der Waals surface area contributed by atoms with E-state index in [2.05, 4.69) is 12.2 Å². The van der Waals surface area contributed by atoms with Crippen molar-refractivity contribution in [3.63, 3.8) is 0 Å². The second-order valence-corrected chi connectivity index (χ2v) is 5.06. The van der Waals surface area contributed by atoms with Crippen molar-refractivity contribution in [1.29, 1.82) is 0 Å². The Kier molecular flexibility index (Phi) is 4.87. The topological polar surface area (TPSA) is 30.5 Å². The average Bonchev–Trinajstić information content (AvgIpc) is 2.41. The molecule has 2 atom stereocenters. The van der Waals surface area contributed by atoms with Crippen LogP contribution in [-0.2, 0) is 4.74 Å². The molecule has 1 aliphatic rings. The molecule has 18 heavy (non-hydrogen) atoms. The number of benzene rings is 1. The fourth-order valence-electron chi connectivity index (χ4n) is 2.03. The molecule has 0 radical (unpaired) electrons. The molecular weight excluding hydrogens is 250 g/mol.